The van der Waals surface area contributed by atoms with E-state index in [0.717, 1.165) is 0 Å². The molecule has 0 aliphatic carbocycles. The summed E-state index contributed by atoms with van der Waals surface area (Å²) in [5.41, 5.74) is 6.70. The third-order valence-electron chi connectivity index (χ3n) is 2.48. The van der Waals surface area contributed by atoms with Gasteiger partial charge in [-0.05, 0) is 12.8 Å². The number of hydrogen-bond acceptors (Lipinski definition) is 5. The average Bonchev–Trinajstić information content (AvgIpc) is 2.70. The molecule has 0 bridgehead atoms. The van der Waals surface area contributed by atoms with E-state index in [4.69, 9.17) is 10.5 Å². The van der Waals surface area contributed by atoms with Crippen LogP contribution in [0.25, 0.3) is 0 Å². The Morgan fingerprint density at radius 2 is 2.16 bits per heavy atom. The molecule has 19 heavy (non-hydrogen) atoms. The quantitative estimate of drug-likeness (QED) is 0.589. The lowest BCUT2D eigenvalue weighted by Crippen LogP contribution is -2.29. The largest absolute Gasteiger partial charge is 0.380 e. The van der Waals surface area contributed by atoms with Gasteiger partial charge in [-0.25, -0.2) is 13.1 Å². The normalized spacial score (nSPS) is 12.3. The van der Waals surface area contributed by atoms with Gasteiger partial charge in [0.2, 0.25) is 0 Å². The summed E-state index contributed by atoms with van der Waals surface area (Å²) in [4.78, 5) is 0. The Balaban J connectivity index is 2.56. The maximum atomic E-state index is 12.0. The lowest BCUT2D eigenvalue weighted by molar-refractivity contribution is 0.114. The van der Waals surface area contributed by atoms with Gasteiger partial charge in [0, 0.05) is 31.0 Å². The Morgan fingerprint density at radius 1 is 1.47 bits per heavy atom. The van der Waals surface area contributed by atoms with Gasteiger partial charge >= 0.3 is 0 Å². The van der Waals surface area contributed by atoms with E-state index in [9.17, 15) is 8.42 Å². The molecule has 4 N–H and O–H groups in total. The smallest absolute Gasteiger partial charge is 0.260 e. The summed E-state index contributed by atoms with van der Waals surface area (Å²) >= 11 is 0. The molecule has 0 aliphatic heterocycles. The van der Waals surface area contributed by atoms with Gasteiger partial charge in [-0.1, -0.05) is 13.8 Å². The van der Waals surface area contributed by atoms with Crippen LogP contribution in [-0.4, -0.2) is 38.4 Å². The van der Waals surface area contributed by atoms with E-state index in [2.05, 4.69) is 14.9 Å². The van der Waals surface area contributed by atoms with Crippen molar-refractivity contribution in [3.05, 3.63) is 11.3 Å². The molecule has 1 aromatic rings. The Kier molecular flexibility index (Phi) is 5.92. The van der Waals surface area contributed by atoms with Crippen molar-refractivity contribution in [2.45, 2.75) is 32.3 Å². The Labute approximate surface area is 114 Å². The second-order valence-corrected chi connectivity index (χ2v) is 6.39. The highest BCUT2D eigenvalue weighted by Crippen LogP contribution is 2.14. The lowest BCUT2D eigenvalue weighted by atomic mass is 10.2. The SMILES string of the molecule is Cc1[nH]nc(S(=O)(=O)NCCOCC(C)C)c1CN. The molecule has 0 aliphatic rings. The van der Waals surface area contributed by atoms with E-state index in [1.54, 1.807) is 6.92 Å². The summed E-state index contributed by atoms with van der Waals surface area (Å²) in [5, 5.41) is 6.39. The van der Waals surface area contributed by atoms with Crippen LogP contribution in [-0.2, 0) is 21.3 Å². The average molecular weight is 290 g/mol. The third-order valence-corrected chi connectivity index (χ3v) is 3.92. The van der Waals surface area contributed by atoms with Crippen LogP contribution in [0, 0.1) is 12.8 Å². The highest BCUT2D eigenvalue weighted by Gasteiger charge is 2.22. The molecule has 1 heterocycles. The number of ether oxygens (including phenoxy) is 1. The molecular weight excluding hydrogens is 268 g/mol. The van der Waals surface area contributed by atoms with Crippen LogP contribution in [0.1, 0.15) is 25.1 Å². The van der Waals surface area contributed by atoms with Gasteiger partial charge in [0.15, 0.2) is 5.03 Å². The minimum absolute atomic E-state index is 0.0311. The number of nitrogens with two attached hydrogens (primary N) is 1. The molecule has 110 valence electrons. The van der Waals surface area contributed by atoms with E-state index in [1.807, 2.05) is 13.8 Å². The van der Waals surface area contributed by atoms with Crippen LogP contribution in [0.15, 0.2) is 5.03 Å². The number of aromatic nitrogens is 2. The van der Waals surface area contributed by atoms with Gasteiger partial charge in [0.1, 0.15) is 0 Å². The maximum Gasteiger partial charge on any atom is 0.260 e. The van der Waals surface area contributed by atoms with Gasteiger partial charge in [-0.3, -0.25) is 5.10 Å². The van der Waals surface area contributed by atoms with E-state index < -0.39 is 10.0 Å². The molecule has 8 heteroatoms. The summed E-state index contributed by atoms with van der Waals surface area (Å²) in [6.45, 7) is 7.08. The fraction of sp³-hybridized carbons (Fsp3) is 0.727. The molecule has 0 saturated carbocycles. The molecule has 1 rings (SSSR count). The molecule has 1 aromatic heterocycles. The fourth-order valence-corrected chi connectivity index (χ4v) is 2.74. The number of rotatable bonds is 8. The lowest BCUT2D eigenvalue weighted by Gasteiger charge is -2.08. The third kappa shape index (κ3) is 4.57. The molecule has 0 atom stereocenters. The molecule has 0 saturated heterocycles. The van der Waals surface area contributed by atoms with Crippen molar-refractivity contribution in [1.82, 2.24) is 14.9 Å². The molecule has 0 radical (unpaired) electrons. The van der Waals surface area contributed by atoms with E-state index >= 15 is 0 Å². The monoisotopic (exact) mass is 290 g/mol. The fourth-order valence-electron chi connectivity index (χ4n) is 1.53. The van der Waals surface area contributed by atoms with Crippen LogP contribution in [0.5, 0.6) is 0 Å². The molecule has 0 unspecified atom stereocenters. The highest BCUT2D eigenvalue weighted by atomic mass is 32.2. The molecule has 0 aromatic carbocycles. The number of sulfonamides is 1. The second kappa shape index (κ2) is 6.99. The van der Waals surface area contributed by atoms with Gasteiger partial charge in [-0.15, -0.1) is 0 Å². The van der Waals surface area contributed by atoms with Crippen molar-refractivity contribution in [2.24, 2.45) is 11.7 Å². The topological polar surface area (TPSA) is 110 Å². The zero-order valence-electron chi connectivity index (χ0n) is 11.6. The van der Waals surface area contributed by atoms with Crippen LogP contribution < -0.4 is 10.5 Å². The number of hydrogen-bond donors (Lipinski definition) is 3. The van der Waals surface area contributed by atoms with Crippen molar-refractivity contribution in [3.63, 3.8) is 0 Å². The number of aromatic amines is 1. The first kappa shape index (κ1) is 16.1. The standard InChI is InChI=1S/C11H22N4O3S/c1-8(2)7-18-5-4-13-19(16,17)11-10(6-12)9(3)14-15-11/h8,13H,4-7,12H2,1-3H3,(H,14,15). The Bertz CT molecular complexity index is 496. The van der Waals surface area contributed by atoms with Crippen molar-refractivity contribution in [1.29, 1.82) is 0 Å². The van der Waals surface area contributed by atoms with Crippen molar-refractivity contribution in [3.8, 4) is 0 Å². The zero-order chi connectivity index (χ0) is 14.5. The maximum absolute atomic E-state index is 12.0. The summed E-state index contributed by atoms with van der Waals surface area (Å²) < 4.78 is 31.8. The summed E-state index contributed by atoms with van der Waals surface area (Å²) in [6, 6.07) is 0. The molecule has 7 nitrogen and oxygen atoms in total. The molecule has 0 amide bonds. The minimum atomic E-state index is -3.64. The zero-order valence-corrected chi connectivity index (χ0v) is 12.4. The Hall–Kier alpha value is -0.960. The molecular formula is C11H22N4O3S. The van der Waals surface area contributed by atoms with Crippen molar-refractivity contribution < 1.29 is 13.2 Å². The van der Waals surface area contributed by atoms with Crippen molar-refractivity contribution in [2.75, 3.05) is 19.8 Å². The highest BCUT2D eigenvalue weighted by molar-refractivity contribution is 7.89. The van der Waals surface area contributed by atoms with Crippen molar-refractivity contribution >= 4 is 10.0 Å². The minimum Gasteiger partial charge on any atom is -0.380 e. The first-order valence-electron chi connectivity index (χ1n) is 6.19. The Morgan fingerprint density at radius 3 is 2.74 bits per heavy atom. The summed E-state index contributed by atoms with van der Waals surface area (Å²) in [5.74, 6) is 0.425. The number of H-pyrrole nitrogens is 1. The molecule has 0 fully saturated rings. The number of nitrogens with zero attached hydrogens (tertiary/aromatic N) is 1. The van der Waals surface area contributed by atoms with E-state index in [1.165, 1.54) is 0 Å². The summed E-state index contributed by atoms with van der Waals surface area (Å²) in [6.07, 6.45) is 0. The predicted molar refractivity (Wildman–Crippen MR) is 72.1 cm³/mol. The van der Waals surface area contributed by atoms with Gasteiger partial charge in [0.25, 0.3) is 10.0 Å². The number of aryl methyl sites for hydroxylation is 1. The van der Waals surface area contributed by atoms with Gasteiger partial charge in [-0.2, -0.15) is 5.10 Å². The molecule has 0 spiro atoms. The van der Waals surface area contributed by atoms with Crippen LogP contribution in [0.4, 0.5) is 0 Å². The first-order valence-corrected chi connectivity index (χ1v) is 7.68. The van der Waals surface area contributed by atoms with Crippen LogP contribution in [0.2, 0.25) is 0 Å². The van der Waals surface area contributed by atoms with Gasteiger partial charge < -0.3 is 10.5 Å². The second-order valence-electron chi connectivity index (χ2n) is 4.70. The number of nitrogens with one attached hydrogen (secondary N) is 2. The predicted octanol–water partition coefficient (Wildman–Crippen LogP) is 0.128. The van der Waals surface area contributed by atoms with E-state index in [0.29, 0.717) is 30.4 Å². The van der Waals surface area contributed by atoms with Crippen LogP contribution in [0.3, 0.4) is 0 Å². The van der Waals surface area contributed by atoms with Gasteiger partial charge in [0.05, 0.1) is 6.61 Å². The first-order chi connectivity index (χ1) is 8.88. The van der Waals surface area contributed by atoms with E-state index in [-0.39, 0.29) is 18.1 Å². The van der Waals surface area contributed by atoms with Crippen LogP contribution >= 0.6 is 0 Å². The summed E-state index contributed by atoms with van der Waals surface area (Å²) in [7, 11) is -3.64.